The topological polar surface area (TPSA) is 53.1 Å². The number of rotatable bonds is 6. The zero-order valence-corrected chi connectivity index (χ0v) is 15.5. The van der Waals surface area contributed by atoms with E-state index < -0.39 is 0 Å². The number of hydrogen-bond acceptors (Lipinski definition) is 5. The van der Waals surface area contributed by atoms with Crippen molar-refractivity contribution in [2.45, 2.75) is 52.5 Å². The molecule has 1 aromatic carbocycles. The summed E-state index contributed by atoms with van der Waals surface area (Å²) in [5.41, 5.74) is 3.27. The van der Waals surface area contributed by atoms with Crippen molar-refractivity contribution < 1.29 is 0 Å². The molecular formula is C20H29N5. The molecule has 1 aliphatic rings. The van der Waals surface area contributed by atoms with Crippen LogP contribution >= 0.6 is 0 Å². The van der Waals surface area contributed by atoms with Crippen LogP contribution in [0.15, 0.2) is 30.3 Å². The summed E-state index contributed by atoms with van der Waals surface area (Å²) >= 11 is 0. The highest BCUT2D eigenvalue weighted by Gasteiger charge is 2.11. The van der Waals surface area contributed by atoms with Crippen LogP contribution in [-0.2, 0) is 0 Å². The predicted molar refractivity (Wildman–Crippen MR) is 106 cm³/mol. The fourth-order valence-electron chi connectivity index (χ4n) is 3.09. The van der Waals surface area contributed by atoms with Crippen LogP contribution in [0, 0.1) is 6.92 Å². The largest absolute Gasteiger partial charge is 0.372 e. The summed E-state index contributed by atoms with van der Waals surface area (Å²) in [6.45, 7) is 8.64. The van der Waals surface area contributed by atoms with Crippen molar-refractivity contribution in [1.29, 1.82) is 0 Å². The van der Waals surface area contributed by atoms with Crippen molar-refractivity contribution in [2.75, 3.05) is 28.6 Å². The minimum Gasteiger partial charge on any atom is -0.372 e. The molecule has 1 saturated heterocycles. The van der Waals surface area contributed by atoms with E-state index in [4.69, 9.17) is 0 Å². The van der Waals surface area contributed by atoms with Crippen molar-refractivity contribution in [3.8, 4) is 0 Å². The standard InChI is InChI=1S/C20H29N5/c1-4-15(2)21-19-14-16(3)22-20(24-19)23-17-8-10-18(11-9-17)25-12-6-5-7-13-25/h8-11,14-15H,4-7,12-13H2,1-3H3,(H2,21,22,23,24). The number of aromatic nitrogens is 2. The summed E-state index contributed by atoms with van der Waals surface area (Å²) in [6.07, 6.45) is 5.00. The van der Waals surface area contributed by atoms with Gasteiger partial charge in [0.2, 0.25) is 5.95 Å². The van der Waals surface area contributed by atoms with E-state index in [0.29, 0.717) is 12.0 Å². The lowest BCUT2D eigenvalue weighted by atomic mass is 10.1. The normalized spacial score (nSPS) is 15.7. The average molecular weight is 339 g/mol. The third-order valence-electron chi connectivity index (χ3n) is 4.71. The van der Waals surface area contributed by atoms with Crippen molar-refractivity contribution in [3.05, 3.63) is 36.0 Å². The Labute approximate surface area is 150 Å². The minimum absolute atomic E-state index is 0.394. The third kappa shape index (κ3) is 4.84. The number of piperidine rings is 1. The maximum absolute atomic E-state index is 4.59. The van der Waals surface area contributed by atoms with E-state index >= 15 is 0 Å². The second kappa shape index (κ2) is 8.19. The molecule has 3 rings (SSSR count). The van der Waals surface area contributed by atoms with Gasteiger partial charge in [-0.3, -0.25) is 0 Å². The van der Waals surface area contributed by atoms with Gasteiger partial charge in [0.1, 0.15) is 5.82 Å². The van der Waals surface area contributed by atoms with E-state index in [2.05, 4.69) is 63.6 Å². The van der Waals surface area contributed by atoms with Crippen molar-refractivity contribution in [2.24, 2.45) is 0 Å². The van der Waals surface area contributed by atoms with Gasteiger partial charge in [-0.25, -0.2) is 4.98 Å². The van der Waals surface area contributed by atoms with Gasteiger partial charge in [0.25, 0.3) is 0 Å². The first kappa shape index (κ1) is 17.5. The Balaban J connectivity index is 1.69. The number of nitrogens with one attached hydrogen (secondary N) is 2. The predicted octanol–water partition coefficient (Wildman–Crippen LogP) is 4.73. The van der Waals surface area contributed by atoms with Crippen LogP contribution in [-0.4, -0.2) is 29.1 Å². The zero-order valence-electron chi connectivity index (χ0n) is 15.5. The molecule has 25 heavy (non-hydrogen) atoms. The summed E-state index contributed by atoms with van der Waals surface area (Å²) in [6, 6.07) is 11.0. The summed E-state index contributed by atoms with van der Waals surface area (Å²) in [5.74, 6) is 1.51. The van der Waals surface area contributed by atoms with E-state index in [0.717, 1.165) is 23.6 Å². The summed E-state index contributed by atoms with van der Waals surface area (Å²) < 4.78 is 0. The highest BCUT2D eigenvalue weighted by atomic mass is 15.2. The molecule has 1 fully saturated rings. The second-order valence-electron chi connectivity index (χ2n) is 6.89. The van der Waals surface area contributed by atoms with Gasteiger partial charge in [0.15, 0.2) is 0 Å². The lowest BCUT2D eigenvalue weighted by Gasteiger charge is -2.28. The highest BCUT2D eigenvalue weighted by molar-refractivity contribution is 5.60. The van der Waals surface area contributed by atoms with Crippen molar-refractivity contribution >= 4 is 23.1 Å². The minimum atomic E-state index is 0.394. The van der Waals surface area contributed by atoms with Crippen LogP contribution in [0.25, 0.3) is 0 Å². The first-order chi connectivity index (χ1) is 12.1. The number of anilines is 4. The summed E-state index contributed by atoms with van der Waals surface area (Å²) in [4.78, 5) is 11.6. The number of benzene rings is 1. The van der Waals surface area contributed by atoms with E-state index in [1.165, 1.54) is 38.0 Å². The van der Waals surface area contributed by atoms with Gasteiger partial charge in [-0.1, -0.05) is 6.92 Å². The zero-order chi connectivity index (χ0) is 17.6. The van der Waals surface area contributed by atoms with Crippen molar-refractivity contribution in [3.63, 3.8) is 0 Å². The van der Waals surface area contributed by atoms with E-state index in [1.807, 2.05) is 13.0 Å². The number of nitrogens with zero attached hydrogens (tertiary/aromatic N) is 3. The smallest absolute Gasteiger partial charge is 0.229 e. The molecule has 0 amide bonds. The molecule has 0 bridgehead atoms. The van der Waals surface area contributed by atoms with Crippen LogP contribution in [0.5, 0.6) is 0 Å². The molecule has 134 valence electrons. The van der Waals surface area contributed by atoms with Crippen LogP contribution < -0.4 is 15.5 Å². The van der Waals surface area contributed by atoms with Crippen molar-refractivity contribution in [1.82, 2.24) is 9.97 Å². The van der Waals surface area contributed by atoms with Gasteiger partial charge < -0.3 is 15.5 Å². The van der Waals surface area contributed by atoms with E-state index in [1.54, 1.807) is 0 Å². The van der Waals surface area contributed by atoms with Crippen LogP contribution in [0.2, 0.25) is 0 Å². The van der Waals surface area contributed by atoms with Crippen LogP contribution in [0.4, 0.5) is 23.1 Å². The van der Waals surface area contributed by atoms with E-state index in [9.17, 15) is 0 Å². The molecule has 2 heterocycles. The first-order valence-corrected chi connectivity index (χ1v) is 9.38. The third-order valence-corrected chi connectivity index (χ3v) is 4.71. The molecule has 0 saturated carbocycles. The Morgan fingerprint density at radius 3 is 2.48 bits per heavy atom. The Morgan fingerprint density at radius 2 is 1.80 bits per heavy atom. The summed E-state index contributed by atoms with van der Waals surface area (Å²) in [7, 11) is 0. The van der Waals surface area contributed by atoms with Gasteiger partial charge in [0.05, 0.1) is 0 Å². The molecule has 1 unspecified atom stereocenters. The Bertz CT molecular complexity index is 677. The fraction of sp³-hybridized carbons (Fsp3) is 0.500. The van der Waals surface area contributed by atoms with Gasteiger partial charge >= 0.3 is 0 Å². The first-order valence-electron chi connectivity index (χ1n) is 9.38. The molecule has 5 nitrogen and oxygen atoms in total. The Morgan fingerprint density at radius 1 is 1.08 bits per heavy atom. The molecule has 0 radical (unpaired) electrons. The van der Waals surface area contributed by atoms with E-state index in [-0.39, 0.29) is 0 Å². The average Bonchev–Trinajstić information content (AvgIpc) is 2.62. The maximum Gasteiger partial charge on any atom is 0.229 e. The van der Waals surface area contributed by atoms with Crippen LogP contribution in [0.1, 0.15) is 45.2 Å². The maximum atomic E-state index is 4.59. The van der Waals surface area contributed by atoms with Crippen LogP contribution in [0.3, 0.4) is 0 Å². The molecule has 1 atom stereocenters. The number of hydrogen-bond donors (Lipinski definition) is 2. The summed E-state index contributed by atoms with van der Waals surface area (Å²) in [5, 5.41) is 6.74. The molecular weight excluding hydrogens is 310 g/mol. The number of aryl methyl sites for hydroxylation is 1. The molecule has 5 heteroatoms. The molecule has 1 aromatic heterocycles. The van der Waals surface area contributed by atoms with Gasteiger partial charge in [-0.05, 0) is 63.8 Å². The Kier molecular flexibility index (Phi) is 5.74. The monoisotopic (exact) mass is 339 g/mol. The molecule has 1 aliphatic heterocycles. The van der Waals surface area contributed by atoms with Gasteiger partial charge in [0, 0.05) is 42.3 Å². The molecule has 0 spiro atoms. The highest BCUT2D eigenvalue weighted by Crippen LogP contribution is 2.23. The van der Waals surface area contributed by atoms with Gasteiger partial charge in [-0.15, -0.1) is 0 Å². The SMILES string of the molecule is CCC(C)Nc1cc(C)nc(Nc2ccc(N3CCCCC3)cc2)n1. The second-order valence-corrected chi connectivity index (χ2v) is 6.89. The quantitative estimate of drug-likeness (QED) is 0.797. The lowest BCUT2D eigenvalue weighted by molar-refractivity contribution is 0.578. The Hall–Kier alpha value is -2.30. The molecule has 2 N–H and O–H groups in total. The van der Waals surface area contributed by atoms with Gasteiger partial charge in [-0.2, -0.15) is 4.98 Å². The lowest BCUT2D eigenvalue weighted by Crippen LogP contribution is -2.29. The molecule has 0 aliphatic carbocycles. The molecule has 2 aromatic rings. The fourth-order valence-corrected chi connectivity index (χ4v) is 3.09.